The molecule has 0 aromatic heterocycles. The molecule has 1 fully saturated rings. The van der Waals surface area contributed by atoms with Crippen LogP contribution < -0.4 is 21.7 Å². The summed E-state index contributed by atoms with van der Waals surface area (Å²) in [5, 5.41) is 26.4. The second kappa shape index (κ2) is 13.6. The number of rotatable bonds is 10. The maximum atomic E-state index is 12.7. The Morgan fingerprint density at radius 1 is 1.08 bits per heavy atom. The number of carboxylic acid groups (broad SMARTS) is 1. The number of phenolic OH excluding ortho intramolecular Hbond substituents is 1. The molecular weight excluding hydrogens is 530 g/mol. The highest BCUT2D eigenvalue weighted by atomic mass is 35.5. The predicted molar refractivity (Wildman–Crippen MR) is 141 cm³/mol. The van der Waals surface area contributed by atoms with E-state index in [0.29, 0.717) is 24.9 Å². The topological polar surface area (TPSA) is 191 Å². The number of nitrogens with two attached hydrogens (primary N) is 1. The van der Waals surface area contributed by atoms with Gasteiger partial charge in [0.2, 0.25) is 11.8 Å². The lowest BCUT2D eigenvalue weighted by Gasteiger charge is -2.22. The lowest BCUT2D eigenvalue weighted by atomic mass is 10.1. The van der Waals surface area contributed by atoms with Crippen molar-refractivity contribution in [2.45, 2.75) is 37.9 Å². The van der Waals surface area contributed by atoms with Crippen molar-refractivity contribution in [2.24, 2.45) is 5.73 Å². The van der Waals surface area contributed by atoms with Gasteiger partial charge < -0.3 is 36.8 Å². The van der Waals surface area contributed by atoms with Crippen molar-refractivity contribution in [3.63, 3.8) is 0 Å². The fraction of sp³-hybridized carbons (Fsp3) is 0.346. The fourth-order valence-corrected chi connectivity index (χ4v) is 4.23. The summed E-state index contributed by atoms with van der Waals surface area (Å²) in [5.74, 6) is -3.54. The third-order valence-corrected chi connectivity index (χ3v) is 6.42. The van der Waals surface area contributed by atoms with Gasteiger partial charge in [0, 0.05) is 25.2 Å². The van der Waals surface area contributed by atoms with Gasteiger partial charge in [0.15, 0.2) is 0 Å². The summed E-state index contributed by atoms with van der Waals surface area (Å²) >= 11 is 6.21. The summed E-state index contributed by atoms with van der Waals surface area (Å²) in [7, 11) is 0. The van der Waals surface area contributed by atoms with E-state index in [2.05, 4.69) is 16.0 Å². The lowest BCUT2D eigenvalue weighted by Crippen LogP contribution is -2.51. The first-order valence-electron chi connectivity index (χ1n) is 12.3. The quantitative estimate of drug-likeness (QED) is 0.244. The maximum absolute atomic E-state index is 12.7. The van der Waals surface area contributed by atoms with Crippen LogP contribution in [0.25, 0.3) is 0 Å². The van der Waals surface area contributed by atoms with Gasteiger partial charge in [0.25, 0.3) is 11.8 Å². The summed E-state index contributed by atoms with van der Waals surface area (Å²) in [6.07, 6.45) is 2.02. The summed E-state index contributed by atoms with van der Waals surface area (Å²) in [6, 6.07) is 8.14. The molecule has 0 spiro atoms. The van der Waals surface area contributed by atoms with Gasteiger partial charge in [-0.25, -0.2) is 4.79 Å². The fourth-order valence-electron chi connectivity index (χ4n) is 3.96. The van der Waals surface area contributed by atoms with Crippen LogP contribution in [0.15, 0.2) is 42.5 Å². The molecule has 1 aliphatic heterocycles. The SMILES string of the molecule is NC1CCCCN(CC(=O)NC[C@H](NC(=O)c2ccc(C(=O)NCc3cccc(O)c3)cc2Cl)C(=O)O)C1=O. The number of carbonyl (C=O) groups excluding carboxylic acids is 4. The molecule has 39 heavy (non-hydrogen) atoms. The highest BCUT2D eigenvalue weighted by Crippen LogP contribution is 2.19. The van der Waals surface area contributed by atoms with Crippen LogP contribution in [-0.2, 0) is 20.9 Å². The number of aromatic hydroxyl groups is 1. The van der Waals surface area contributed by atoms with Gasteiger partial charge in [0.1, 0.15) is 11.8 Å². The highest BCUT2D eigenvalue weighted by molar-refractivity contribution is 6.34. The van der Waals surface area contributed by atoms with Crippen molar-refractivity contribution in [3.8, 4) is 5.75 Å². The van der Waals surface area contributed by atoms with E-state index >= 15 is 0 Å². The molecule has 12 nitrogen and oxygen atoms in total. The van der Waals surface area contributed by atoms with Crippen LogP contribution in [0.5, 0.6) is 5.75 Å². The molecule has 0 saturated carbocycles. The minimum Gasteiger partial charge on any atom is -0.508 e. The Bertz CT molecular complexity index is 1250. The minimum absolute atomic E-state index is 0.0663. The zero-order chi connectivity index (χ0) is 28.5. The van der Waals surface area contributed by atoms with Crippen LogP contribution >= 0.6 is 11.6 Å². The molecule has 13 heteroatoms. The smallest absolute Gasteiger partial charge is 0.328 e. The number of phenols is 1. The number of benzene rings is 2. The van der Waals surface area contributed by atoms with E-state index in [1.54, 1.807) is 12.1 Å². The van der Waals surface area contributed by atoms with E-state index in [9.17, 15) is 34.2 Å². The summed E-state index contributed by atoms with van der Waals surface area (Å²) < 4.78 is 0. The van der Waals surface area contributed by atoms with Gasteiger partial charge in [-0.1, -0.05) is 23.7 Å². The van der Waals surface area contributed by atoms with Crippen molar-refractivity contribution in [1.29, 1.82) is 0 Å². The second-order valence-electron chi connectivity index (χ2n) is 9.08. The second-order valence-corrected chi connectivity index (χ2v) is 9.48. The number of hydrogen-bond donors (Lipinski definition) is 6. The van der Waals surface area contributed by atoms with Gasteiger partial charge in [-0.2, -0.15) is 0 Å². The maximum Gasteiger partial charge on any atom is 0.328 e. The van der Waals surface area contributed by atoms with E-state index in [1.807, 2.05) is 0 Å². The van der Waals surface area contributed by atoms with Crippen LogP contribution in [0.2, 0.25) is 5.02 Å². The Hall–Kier alpha value is -4.16. The first-order chi connectivity index (χ1) is 18.5. The minimum atomic E-state index is -1.48. The molecule has 0 radical (unpaired) electrons. The molecule has 0 bridgehead atoms. The van der Waals surface area contributed by atoms with Crippen molar-refractivity contribution >= 4 is 41.2 Å². The standard InChI is InChI=1S/C26H30ClN5O7/c27-19-11-16(23(35)30-12-15-4-3-5-17(33)10-15)7-8-18(19)24(36)31-21(26(38)39)13-29-22(34)14-32-9-2-1-6-20(28)25(32)37/h3-5,7-8,10-11,20-21,33H,1-2,6,9,12-14,28H2,(H,29,34)(H,30,35)(H,31,36)(H,38,39)/t20?,21-/m0/s1. The highest BCUT2D eigenvalue weighted by Gasteiger charge is 2.27. The number of nitrogens with zero attached hydrogens (tertiary/aromatic N) is 1. The largest absolute Gasteiger partial charge is 0.508 e. The molecular formula is C26H30ClN5O7. The number of carboxylic acids is 1. The van der Waals surface area contributed by atoms with Crippen LogP contribution in [0, 0.1) is 0 Å². The Balaban J connectivity index is 1.55. The summed E-state index contributed by atoms with van der Waals surface area (Å²) in [4.78, 5) is 62.8. The van der Waals surface area contributed by atoms with E-state index in [0.717, 1.165) is 6.42 Å². The zero-order valence-electron chi connectivity index (χ0n) is 21.0. The van der Waals surface area contributed by atoms with Crippen molar-refractivity contribution in [2.75, 3.05) is 19.6 Å². The van der Waals surface area contributed by atoms with E-state index in [4.69, 9.17) is 17.3 Å². The summed E-state index contributed by atoms with van der Waals surface area (Å²) in [5.41, 5.74) is 6.59. The van der Waals surface area contributed by atoms with Crippen molar-refractivity contribution in [3.05, 3.63) is 64.2 Å². The number of nitrogens with one attached hydrogen (secondary N) is 3. The number of amides is 4. The number of halogens is 1. The Labute approximate surface area is 229 Å². The monoisotopic (exact) mass is 559 g/mol. The van der Waals surface area contributed by atoms with Gasteiger partial charge in [-0.3, -0.25) is 19.2 Å². The molecule has 2 aromatic rings. The number of hydrogen-bond acceptors (Lipinski definition) is 7. The average Bonchev–Trinajstić information content (AvgIpc) is 3.05. The van der Waals surface area contributed by atoms with Crippen molar-refractivity contribution in [1.82, 2.24) is 20.9 Å². The van der Waals surface area contributed by atoms with Crippen molar-refractivity contribution < 1.29 is 34.2 Å². The average molecular weight is 560 g/mol. The Kier molecular flexibility index (Phi) is 10.2. The van der Waals surface area contributed by atoms with Crippen LogP contribution in [-0.4, -0.2) is 76.4 Å². The number of likely N-dealkylation sites (tertiary alicyclic amines) is 1. The van der Waals surface area contributed by atoms with Crippen LogP contribution in [0.1, 0.15) is 45.5 Å². The van der Waals surface area contributed by atoms with E-state index in [-0.39, 0.29) is 40.9 Å². The molecule has 7 N–H and O–H groups in total. The zero-order valence-corrected chi connectivity index (χ0v) is 21.7. The third-order valence-electron chi connectivity index (χ3n) is 6.10. The van der Waals surface area contributed by atoms with E-state index < -0.39 is 42.3 Å². The van der Waals surface area contributed by atoms with Gasteiger partial charge >= 0.3 is 5.97 Å². The van der Waals surface area contributed by atoms with E-state index in [1.165, 1.54) is 35.2 Å². The number of carbonyl (C=O) groups is 5. The summed E-state index contributed by atoms with van der Waals surface area (Å²) in [6.45, 7) is -0.173. The Morgan fingerprint density at radius 3 is 2.54 bits per heavy atom. The molecule has 2 atom stereocenters. The first kappa shape index (κ1) is 29.4. The molecule has 0 aliphatic carbocycles. The number of aliphatic carboxylic acids is 1. The first-order valence-corrected chi connectivity index (χ1v) is 12.6. The van der Waals surface area contributed by atoms with Crippen LogP contribution in [0.4, 0.5) is 0 Å². The normalized spacial score (nSPS) is 16.1. The predicted octanol–water partition coefficient (Wildman–Crippen LogP) is 0.615. The Morgan fingerprint density at radius 2 is 1.85 bits per heavy atom. The molecule has 3 rings (SSSR count). The molecule has 1 aliphatic rings. The third kappa shape index (κ3) is 8.42. The molecule has 1 saturated heterocycles. The molecule has 4 amide bonds. The van der Waals surface area contributed by atoms with Gasteiger partial charge in [-0.05, 0) is 55.2 Å². The molecule has 1 unspecified atom stereocenters. The van der Waals surface area contributed by atoms with Gasteiger partial charge in [0.05, 0.1) is 23.2 Å². The van der Waals surface area contributed by atoms with Gasteiger partial charge in [-0.15, -0.1) is 0 Å². The molecule has 208 valence electrons. The molecule has 2 aromatic carbocycles. The molecule has 1 heterocycles. The lowest BCUT2D eigenvalue weighted by molar-refractivity contribution is -0.140. The van der Waals surface area contributed by atoms with Crippen LogP contribution in [0.3, 0.4) is 0 Å².